The first kappa shape index (κ1) is 24.3. The summed E-state index contributed by atoms with van der Waals surface area (Å²) in [5.41, 5.74) is -2.40. The highest BCUT2D eigenvalue weighted by Gasteiger charge is 2.51. The van der Waals surface area contributed by atoms with Gasteiger partial charge in [0.05, 0.1) is 18.8 Å². The highest BCUT2D eigenvalue weighted by Crippen LogP contribution is 2.47. The van der Waals surface area contributed by atoms with Crippen LogP contribution in [0.2, 0.25) is 0 Å². The van der Waals surface area contributed by atoms with E-state index in [0.717, 1.165) is 10.6 Å². The fraction of sp³-hybridized carbons (Fsp3) is 0.688. The Hall–Kier alpha value is -2.02. The van der Waals surface area contributed by atoms with Crippen molar-refractivity contribution >= 4 is 14.0 Å². The highest BCUT2D eigenvalue weighted by molar-refractivity contribution is 7.47. The molecule has 1 aliphatic rings. The maximum absolute atomic E-state index is 12.0. The molecule has 1 aliphatic heterocycles. The van der Waals surface area contributed by atoms with Crippen LogP contribution in [0.25, 0.3) is 0 Å². The molecule has 13 nitrogen and oxygen atoms in total. The second-order valence-electron chi connectivity index (χ2n) is 7.37. The molecule has 4 atom stereocenters. The van der Waals surface area contributed by atoms with Gasteiger partial charge in [-0.3, -0.25) is 18.9 Å². The first-order chi connectivity index (χ1) is 13.8. The van der Waals surface area contributed by atoms with Crippen LogP contribution in [0.5, 0.6) is 0 Å². The molecular weight excluding hydrogens is 427 g/mol. The predicted octanol–water partition coefficient (Wildman–Crippen LogP) is 0.474. The van der Waals surface area contributed by atoms with E-state index < -0.39 is 68.6 Å². The summed E-state index contributed by atoms with van der Waals surface area (Å²) in [4.78, 5) is 46.2. The lowest BCUT2D eigenvalue weighted by Gasteiger charge is -2.28. The lowest BCUT2D eigenvalue weighted by atomic mass is 9.83. The van der Waals surface area contributed by atoms with Crippen LogP contribution in [0.3, 0.4) is 0 Å². The Balaban J connectivity index is 1.97. The van der Waals surface area contributed by atoms with Gasteiger partial charge in [-0.15, -0.1) is 0 Å². The Kier molecular flexibility index (Phi) is 7.61. The fourth-order valence-corrected chi connectivity index (χ4v) is 3.23. The molecule has 2 heterocycles. The lowest BCUT2D eigenvalue weighted by Crippen LogP contribution is -2.39. The van der Waals surface area contributed by atoms with E-state index in [1.54, 1.807) is 27.7 Å². The van der Waals surface area contributed by atoms with Gasteiger partial charge in [-0.05, 0) is 13.8 Å². The number of aliphatic hydroxyl groups is 1. The molecule has 1 fully saturated rings. The zero-order valence-corrected chi connectivity index (χ0v) is 17.7. The predicted molar refractivity (Wildman–Crippen MR) is 99.5 cm³/mol. The lowest BCUT2D eigenvalue weighted by molar-refractivity contribution is -0.0592. The first-order valence-corrected chi connectivity index (χ1v) is 10.4. The van der Waals surface area contributed by atoms with Crippen molar-refractivity contribution in [1.82, 2.24) is 9.55 Å². The SMILES string of the molecule is CC(C)OC(=O)OCOP(=O)(O)OC[C@H]1O[C@@H](n2ccc(=O)[nH]c2=O)[C@H](O)C1(C)C. The summed E-state index contributed by atoms with van der Waals surface area (Å²) >= 11 is 0. The van der Waals surface area contributed by atoms with Crippen LogP contribution in [0.4, 0.5) is 4.79 Å². The van der Waals surface area contributed by atoms with E-state index in [2.05, 4.69) is 19.0 Å². The molecule has 0 aromatic carbocycles. The molecule has 0 radical (unpaired) electrons. The molecule has 170 valence electrons. The summed E-state index contributed by atoms with van der Waals surface area (Å²) in [5, 5.41) is 10.6. The Morgan fingerprint density at radius 2 is 2.03 bits per heavy atom. The van der Waals surface area contributed by atoms with Crippen molar-refractivity contribution in [1.29, 1.82) is 0 Å². The average molecular weight is 452 g/mol. The van der Waals surface area contributed by atoms with E-state index in [0.29, 0.717) is 0 Å². The maximum Gasteiger partial charge on any atom is 0.510 e. The van der Waals surface area contributed by atoms with Crippen LogP contribution in [0.1, 0.15) is 33.9 Å². The monoisotopic (exact) mass is 452 g/mol. The third-order valence-corrected chi connectivity index (χ3v) is 5.31. The highest BCUT2D eigenvalue weighted by atomic mass is 31.2. The number of ether oxygens (including phenoxy) is 3. The molecule has 1 aromatic rings. The number of phosphoric ester groups is 1. The zero-order valence-electron chi connectivity index (χ0n) is 16.8. The fourth-order valence-electron chi connectivity index (χ4n) is 2.64. The summed E-state index contributed by atoms with van der Waals surface area (Å²) in [7, 11) is -4.63. The minimum atomic E-state index is -4.63. The van der Waals surface area contributed by atoms with Crippen LogP contribution in [0.15, 0.2) is 21.9 Å². The number of aromatic amines is 1. The van der Waals surface area contributed by atoms with Gasteiger partial charge in [-0.25, -0.2) is 18.7 Å². The quantitative estimate of drug-likeness (QED) is 0.284. The van der Waals surface area contributed by atoms with E-state index in [-0.39, 0.29) is 0 Å². The van der Waals surface area contributed by atoms with Crippen molar-refractivity contribution in [2.45, 2.75) is 52.2 Å². The topological polar surface area (TPSA) is 176 Å². The van der Waals surface area contributed by atoms with E-state index in [9.17, 15) is 28.9 Å². The Bertz CT molecular complexity index is 909. The van der Waals surface area contributed by atoms with Crippen molar-refractivity contribution in [3.05, 3.63) is 33.1 Å². The molecule has 0 aliphatic carbocycles. The van der Waals surface area contributed by atoms with Crippen molar-refractivity contribution < 1.29 is 42.6 Å². The van der Waals surface area contributed by atoms with Crippen molar-refractivity contribution in [3.63, 3.8) is 0 Å². The van der Waals surface area contributed by atoms with Gasteiger partial charge in [0.1, 0.15) is 6.10 Å². The van der Waals surface area contributed by atoms with E-state index >= 15 is 0 Å². The molecule has 1 aromatic heterocycles. The number of rotatable bonds is 8. The molecule has 0 amide bonds. The zero-order chi connectivity index (χ0) is 22.7. The van der Waals surface area contributed by atoms with Gasteiger partial charge >= 0.3 is 19.7 Å². The average Bonchev–Trinajstić information content (AvgIpc) is 2.82. The van der Waals surface area contributed by atoms with Gasteiger partial charge in [0.2, 0.25) is 6.79 Å². The van der Waals surface area contributed by atoms with Gasteiger partial charge in [0.25, 0.3) is 5.56 Å². The van der Waals surface area contributed by atoms with Crippen LogP contribution < -0.4 is 11.2 Å². The number of H-pyrrole nitrogens is 1. The molecule has 1 saturated heterocycles. The molecule has 2 rings (SSSR count). The van der Waals surface area contributed by atoms with Crippen LogP contribution in [0, 0.1) is 5.41 Å². The number of hydrogen-bond donors (Lipinski definition) is 3. The normalized spacial score (nSPS) is 25.1. The largest absolute Gasteiger partial charge is 0.510 e. The second-order valence-corrected chi connectivity index (χ2v) is 8.82. The summed E-state index contributed by atoms with van der Waals surface area (Å²) in [6.07, 6.45) is -3.64. The minimum absolute atomic E-state index is 0.439. The maximum atomic E-state index is 12.0. The number of aliphatic hydroxyl groups excluding tert-OH is 1. The van der Waals surface area contributed by atoms with Crippen molar-refractivity contribution in [2.24, 2.45) is 5.41 Å². The summed E-state index contributed by atoms with van der Waals surface area (Å²) < 4.78 is 37.2. The van der Waals surface area contributed by atoms with Crippen molar-refractivity contribution in [2.75, 3.05) is 13.4 Å². The Morgan fingerprint density at radius 3 is 2.63 bits per heavy atom. The number of hydrogen-bond acceptors (Lipinski definition) is 10. The number of nitrogens with zero attached hydrogens (tertiary/aromatic N) is 1. The van der Waals surface area contributed by atoms with Gasteiger partial charge in [-0.2, -0.15) is 0 Å². The number of aromatic nitrogens is 2. The van der Waals surface area contributed by atoms with E-state index in [4.69, 9.17) is 9.26 Å². The smallest absolute Gasteiger partial charge is 0.432 e. The third-order valence-electron chi connectivity index (χ3n) is 4.40. The van der Waals surface area contributed by atoms with Gasteiger partial charge in [0, 0.05) is 17.7 Å². The van der Waals surface area contributed by atoms with E-state index in [1.165, 1.54) is 6.20 Å². The standard InChI is InChI=1S/C16H25N2O11P/c1-9(2)28-15(22)25-8-27-30(23,24)26-7-10-16(3,4)12(20)13(29-10)18-6-5-11(19)17-14(18)21/h5-6,9-10,12-13,20H,7-8H2,1-4H3,(H,23,24)(H,17,19,21)/t10-,12+,13-/m1/s1. The molecule has 1 unspecified atom stereocenters. The van der Waals surface area contributed by atoms with E-state index in [1.807, 2.05) is 0 Å². The molecule has 3 N–H and O–H groups in total. The number of nitrogens with one attached hydrogen (secondary N) is 1. The first-order valence-electron chi connectivity index (χ1n) is 8.94. The summed E-state index contributed by atoms with van der Waals surface area (Å²) in [5.74, 6) is 0. The summed E-state index contributed by atoms with van der Waals surface area (Å²) in [6, 6.07) is 1.09. The summed E-state index contributed by atoms with van der Waals surface area (Å²) in [6.45, 7) is 5.03. The molecule has 30 heavy (non-hydrogen) atoms. The molecule has 14 heteroatoms. The number of carbonyl (C=O) groups is 1. The molecule has 0 bridgehead atoms. The van der Waals surface area contributed by atoms with Gasteiger partial charge in [0.15, 0.2) is 6.23 Å². The Labute approximate surface area is 171 Å². The Morgan fingerprint density at radius 1 is 1.37 bits per heavy atom. The second kappa shape index (κ2) is 9.41. The molecular formula is C16H25N2O11P. The minimum Gasteiger partial charge on any atom is -0.432 e. The number of carbonyl (C=O) groups excluding carboxylic acids is 1. The van der Waals surface area contributed by atoms with Crippen LogP contribution in [-0.2, 0) is 27.8 Å². The van der Waals surface area contributed by atoms with Crippen LogP contribution in [-0.4, -0.2) is 57.4 Å². The molecule has 0 spiro atoms. The van der Waals surface area contributed by atoms with Crippen molar-refractivity contribution in [3.8, 4) is 0 Å². The van der Waals surface area contributed by atoms with Gasteiger partial charge < -0.3 is 24.2 Å². The number of phosphoric acid groups is 1. The van der Waals surface area contributed by atoms with Gasteiger partial charge in [-0.1, -0.05) is 13.8 Å². The molecule has 0 saturated carbocycles. The third kappa shape index (κ3) is 6.00. The van der Waals surface area contributed by atoms with Crippen LogP contribution >= 0.6 is 7.82 Å².